The largest absolute Gasteiger partial charge is 0.497 e. The second-order valence-electron chi connectivity index (χ2n) is 5.30. The lowest BCUT2D eigenvalue weighted by molar-refractivity contribution is -0.121. The van der Waals surface area contributed by atoms with Crippen LogP contribution >= 0.6 is 0 Å². The van der Waals surface area contributed by atoms with Crippen molar-refractivity contribution in [1.82, 2.24) is 0 Å². The fraction of sp³-hybridized carbons (Fsp3) is 0.235. The summed E-state index contributed by atoms with van der Waals surface area (Å²) in [6.07, 6.45) is 0.440. The van der Waals surface area contributed by atoms with Gasteiger partial charge in [-0.2, -0.15) is 0 Å². The van der Waals surface area contributed by atoms with E-state index in [1.807, 2.05) is 0 Å². The second kappa shape index (κ2) is 6.24. The first-order valence-corrected chi connectivity index (χ1v) is 7.12. The highest BCUT2D eigenvalue weighted by molar-refractivity contribution is 5.93. The molecule has 4 nitrogen and oxygen atoms in total. The van der Waals surface area contributed by atoms with Crippen molar-refractivity contribution in [1.29, 1.82) is 0 Å². The fourth-order valence-electron chi connectivity index (χ4n) is 2.49. The van der Waals surface area contributed by atoms with Crippen LogP contribution in [0.2, 0.25) is 0 Å². The predicted octanol–water partition coefficient (Wildman–Crippen LogP) is 3.16. The summed E-state index contributed by atoms with van der Waals surface area (Å²) >= 11 is 0. The highest BCUT2D eigenvalue weighted by atomic mass is 19.1. The molecule has 0 aromatic heterocycles. The molecular formula is C17H15F2NO3. The van der Waals surface area contributed by atoms with Gasteiger partial charge in [0.15, 0.2) is 0 Å². The van der Waals surface area contributed by atoms with Crippen molar-refractivity contribution in [3.8, 4) is 11.5 Å². The number of nitrogens with one attached hydrogen (secondary N) is 1. The number of carbonyl (C=O) groups excluding carboxylic acids is 1. The third-order valence-electron chi connectivity index (χ3n) is 3.73. The Morgan fingerprint density at radius 2 is 2.09 bits per heavy atom. The lowest BCUT2D eigenvalue weighted by Gasteiger charge is -2.25. The first-order valence-electron chi connectivity index (χ1n) is 7.12. The summed E-state index contributed by atoms with van der Waals surface area (Å²) in [4.78, 5) is 12.3. The number of amides is 1. The Morgan fingerprint density at radius 3 is 2.87 bits per heavy atom. The van der Waals surface area contributed by atoms with Crippen LogP contribution in [0, 0.1) is 17.6 Å². The van der Waals surface area contributed by atoms with Gasteiger partial charge >= 0.3 is 0 Å². The molecule has 0 fully saturated rings. The molecule has 1 amide bonds. The quantitative estimate of drug-likeness (QED) is 0.945. The molecule has 3 rings (SSSR count). The minimum atomic E-state index is -0.682. The number of methoxy groups -OCH3 is 1. The van der Waals surface area contributed by atoms with Gasteiger partial charge in [0.25, 0.3) is 0 Å². The summed E-state index contributed by atoms with van der Waals surface area (Å²) in [5.74, 6) is -0.827. The molecule has 2 aromatic rings. The Kier molecular flexibility index (Phi) is 4.14. The molecule has 0 saturated heterocycles. The van der Waals surface area contributed by atoms with Gasteiger partial charge in [-0.25, -0.2) is 8.78 Å². The van der Waals surface area contributed by atoms with Crippen LogP contribution in [0.15, 0.2) is 36.4 Å². The van der Waals surface area contributed by atoms with Crippen molar-refractivity contribution in [2.75, 3.05) is 19.0 Å². The number of hydrogen-bond donors (Lipinski definition) is 1. The summed E-state index contributed by atoms with van der Waals surface area (Å²) < 4.78 is 37.5. The number of ether oxygens (including phenoxy) is 2. The maximum atomic E-state index is 13.6. The van der Waals surface area contributed by atoms with Crippen molar-refractivity contribution in [2.24, 2.45) is 5.92 Å². The molecule has 1 atom stereocenters. The Balaban J connectivity index is 1.75. The first kappa shape index (κ1) is 15.3. The van der Waals surface area contributed by atoms with Crippen molar-refractivity contribution in [3.05, 3.63) is 53.6 Å². The van der Waals surface area contributed by atoms with Gasteiger partial charge in [-0.15, -0.1) is 0 Å². The fourth-order valence-corrected chi connectivity index (χ4v) is 2.49. The molecule has 23 heavy (non-hydrogen) atoms. The summed E-state index contributed by atoms with van der Waals surface area (Å²) in [5.41, 5.74) is 0.668. The van der Waals surface area contributed by atoms with Gasteiger partial charge in [0.1, 0.15) is 29.7 Å². The minimum Gasteiger partial charge on any atom is -0.497 e. The predicted molar refractivity (Wildman–Crippen MR) is 80.7 cm³/mol. The maximum absolute atomic E-state index is 13.6. The molecule has 1 N–H and O–H groups in total. The number of anilines is 1. The number of halogens is 2. The van der Waals surface area contributed by atoms with Crippen LogP contribution in [0.1, 0.15) is 5.56 Å². The SMILES string of the molecule is COc1ccc2c(c1)C[C@H](C(=O)Nc1cc(F)ccc1F)CO2. The maximum Gasteiger partial charge on any atom is 0.231 e. The minimum absolute atomic E-state index is 0.175. The lowest BCUT2D eigenvalue weighted by atomic mass is 9.95. The number of benzene rings is 2. The van der Waals surface area contributed by atoms with E-state index in [9.17, 15) is 13.6 Å². The molecule has 0 saturated carbocycles. The van der Waals surface area contributed by atoms with Crippen molar-refractivity contribution < 1.29 is 23.0 Å². The van der Waals surface area contributed by atoms with Crippen molar-refractivity contribution in [2.45, 2.75) is 6.42 Å². The van der Waals surface area contributed by atoms with E-state index in [0.717, 1.165) is 23.8 Å². The first-order chi connectivity index (χ1) is 11.1. The molecule has 0 aliphatic carbocycles. The van der Waals surface area contributed by atoms with E-state index in [-0.39, 0.29) is 12.3 Å². The van der Waals surface area contributed by atoms with E-state index < -0.39 is 23.5 Å². The third-order valence-corrected chi connectivity index (χ3v) is 3.73. The topological polar surface area (TPSA) is 47.6 Å². The van der Waals surface area contributed by atoms with E-state index in [1.54, 1.807) is 25.3 Å². The Bertz CT molecular complexity index is 749. The average Bonchev–Trinajstić information content (AvgIpc) is 2.57. The highest BCUT2D eigenvalue weighted by Gasteiger charge is 2.27. The third kappa shape index (κ3) is 3.26. The normalized spacial score (nSPS) is 16.2. The second-order valence-corrected chi connectivity index (χ2v) is 5.30. The average molecular weight is 319 g/mol. The van der Waals surface area contributed by atoms with E-state index in [0.29, 0.717) is 17.9 Å². The van der Waals surface area contributed by atoms with Crippen LogP contribution in [0.4, 0.5) is 14.5 Å². The smallest absolute Gasteiger partial charge is 0.231 e. The molecule has 1 heterocycles. The summed E-state index contributed by atoms with van der Waals surface area (Å²) in [6, 6.07) is 8.29. The van der Waals surface area contributed by atoms with Crippen LogP contribution in [0.3, 0.4) is 0 Å². The summed E-state index contributed by atoms with van der Waals surface area (Å²) in [6.45, 7) is 0.183. The molecule has 0 bridgehead atoms. The Morgan fingerprint density at radius 1 is 1.26 bits per heavy atom. The number of rotatable bonds is 3. The van der Waals surface area contributed by atoms with Gasteiger partial charge in [-0.1, -0.05) is 0 Å². The highest BCUT2D eigenvalue weighted by Crippen LogP contribution is 2.31. The van der Waals surface area contributed by atoms with E-state index in [1.165, 1.54) is 0 Å². The monoisotopic (exact) mass is 319 g/mol. The van der Waals surface area contributed by atoms with Crippen LogP contribution in [0.25, 0.3) is 0 Å². The Hall–Kier alpha value is -2.63. The van der Waals surface area contributed by atoms with Crippen LogP contribution in [-0.4, -0.2) is 19.6 Å². The van der Waals surface area contributed by atoms with Crippen molar-refractivity contribution >= 4 is 11.6 Å². The van der Waals surface area contributed by atoms with Crippen molar-refractivity contribution in [3.63, 3.8) is 0 Å². The van der Waals surface area contributed by atoms with Gasteiger partial charge in [0.2, 0.25) is 5.91 Å². The zero-order chi connectivity index (χ0) is 16.4. The molecule has 6 heteroatoms. The van der Waals surface area contributed by atoms with Gasteiger partial charge in [0, 0.05) is 6.07 Å². The van der Waals surface area contributed by atoms with Gasteiger partial charge < -0.3 is 14.8 Å². The zero-order valence-corrected chi connectivity index (χ0v) is 12.4. The van der Waals surface area contributed by atoms with Crippen LogP contribution < -0.4 is 14.8 Å². The summed E-state index contributed by atoms with van der Waals surface area (Å²) in [5, 5.41) is 2.41. The molecule has 0 spiro atoms. The molecule has 0 radical (unpaired) electrons. The molecule has 2 aromatic carbocycles. The molecule has 1 aliphatic heterocycles. The summed E-state index contributed by atoms with van der Waals surface area (Å²) in [7, 11) is 1.56. The Labute approximate surface area is 132 Å². The number of hydrogen-bond acceptors (Lipinski definition) is 3. The lowest BCUT2D eigenvalue weighted by Crippen LogP contribution is -2.32. The van der Waals surface area contributed by atoms with E-state index in [4.69, 9.17) is 9.47 Å². The van der Waals surface area contributed by atoms with Crippen LogP contribution in [-0.2, 0) is 11.2 Å². The van der Waals surface area contributed by atoms with E-state index >= 15 is 0 Å². The van der Waals surface area contributed by atoms with E-state index in [2.05, 4.69) is 5.32 Å². The van der Waals surface area contributed by atoms with Gasteiger partial charge in [0.05, 0.1) is 18.7 Å². The number of carbonyl (C=O) groups is 1. The van der Waals surface area contributed by atoms with Crippen LogP contribution in [0.5, 0.6) is 11.5 Å². The zero-order valence-electron chi connectivity index (χ0n) is 12.4. The number of fused-ring (bicyclic) bond motifs is 1. The molecule has 0 unspecified atom stereocenters. The molecule has 1 aliphatic rings. The van der Waals surface area contributed by atoms with Gasteiger partial charge in [-0.05, 0) is 42.3 Å². The molecule has 120 valence electrons. The standard InChI is InChI=1S/C17H15F2NO3/c1-22-13-3-5-16-10(7-13)6-11(9-23-16)17(21)20-15-8-12(18)2-4-14(15)19/h2-5,7-8,11H,6,9H2,1H3,(H,20,21)/t11-/m0/s1. The molecular weight excluding hydrogens is 304 g/mol. The van der Waals surface area contributed by atoms with Gasteiger partial charge in [-0.3, -0.25) is 4.79 Å².